The van der Waals surface area contributed by atoms with Crippen molar-refractivity contribution in [1.29, 1.82) is 0 Å². The van der Waals surface area contributed by atoms with Crippen LogP contribution in [-0.4, -0.2) is 11.3 Å². The summed E-state index contributed by atoms with van der Waals surface area (Å²) in [5.74, 6) is 0. The van der Waals surface area contributed by atoms with Crippen LogP contribution in [0, 0.1) is 0 Å². The molecule has 1 aromatic carbocycles. The fourth-order valence-electron chi connectivity index (χ4n) is 1.59. The second-order valence-corrected chi connectivity index (χ2v) is 4.09. The van der Waals surface area contributed by atoms with Crippen molar-refractivity contribution in [2.24, 2.45) is 0 Å². The Hall–Kier alpha value is -2.43. The summed E-state index contributed by atoms with van der Waals surface area (Å²) in [5.41, 5.74) is 0.941. The van der Waals surface area contributed by atoms with Crippen molar-refractivity contribution in [3.05, 3.63) is 65.0 Å². The molecule has 0 aliphatic rings. The van der Waals surface area contributed by atoms with Gasteiger partial charge in [-0.25, -0.2) is 0 Å². The second-order valence-electron chi connectivity index (χ2n) is 4.09. The zero-order chi connectivity index (χ0) is 14.6. The van der Waals surface area contributed by atoms with Gasteiger partial charge >= 0.3 is 6.18 Å². The molecule has 0 atom stereocenters. The molecule has 0 fully saturated rings. The Morgan fingerprint density at radius 2 is 1.75 bits per heavy atom. The van der Waals surface area contributed by atoms with Crippen molar-refractivity contribution in [2.75, 3.05) is 0 Å². The van der Waals surface area contributed by atoms with Gasteiger partial charge in [0.2, 0.25) is 0 Å². The van der Waals surface area contributed by atoms with Crippen molar-refractivity contribution in [3.8, 4) is 0 Å². The number of hydrogen-bond donors (Lipinski definition) is 0. The monoisotopic (exact) mass is 277 g/mol. The van der Waals surface area contributed by atoms with E-state index < -0.39 is 11.7 Å². The highest BCUT2D eigenvalue weighted by Gasteiger charge is 2.30. The van der Waals surface area contributed by atoms with E-state index in [1.165, 1.54) is 6.07 Å². The standard InChI is InChI=1S/C15H10F3NO/c16-15(17,18)13-5-7-14(19-9-13)6-4-11-2-1-3-12(8-11)10-20/h1-10H. The minimum atomic E-state index is -4.38. The minimum absolute atomic E-state index is 0.412. The molecule has 0 bridgehead atoms. The summed E-state index contributed by atoms with van der Waals surface area (Å²) < 4.78 is 37.1. The highest BCUT2D eigenvalue weighted by molar-refractivity contribution is 5.78. The fourth-order valence-corrected chi connectivity index (χ4v) is 1.59. The van der Waals surface area contributed by atoms with Crippen LogP contribution in [0.1, 0.15) is 27.2 Å². The molecule has 0 aliphatic carbocycles. The molecule has 2 nitrogen and oxygen atoms in total. The van der Waals surface area contributed by atoms with E-state index in [9.17, 15) is 18.0 Å². The van der Waals surface area contributed by atoms with Gasteiger partial charge in [0, 0.05) is 11.8 Å². The lowest BCUT2D eigenvalue weighted by Crippen LogP contribution is -2.05. The van der Waals surface area contributed by atoms with Gasteiger partial charge < -0.3 is 0 Å². The molecule has 0 saturated heterocycles. The number of nitrogens with zero attached hydrogens (tertiary/aromatic N) is 1. The van der Waals surface area contributed by atoms with E-state index in [1.54, 1.807) is 36.4 Å². The first-order valence-electron chi connectivity index (χ1n) is 5.75. The number of rotatable bonds is 3. The Morgan fingerprint density at radius 3 is 2.35 bits per heavy atom. The van der Waals surface area contributed by atoms with Gasteiger partial charge in [0.25, 0.3) is 0 Å². The summed E-state index contributed by atoms with van der Waals surface area (Å²) in [6.45, 7) is 0. The Balaban J connectivity index is 2.17. The van der Waals surface area contributed by atoms with Crippen molar-refractivity contribution >= 4 is 18.4 Å². The molecule has 0 N–H and O–H groups in total. The molecule has 2 rings (SSSR count). The molecule has 0 aliphatic heterocycles. The van der Waals surface area contributed by atoms with Crippen LogP contribution >= 0.6 is 0 Å². The van der Waals surface area contributed by atoms with Crippen molar-refractivity contribution in [1.82, 2.24) is 4.98 Å². The van der Waals surface area contributed by atoms with Crippen molar-refractivity contribution in [2.45, 2.75) is 6.18 Å². The predicted octanol–water partition coefficient (Wildman–Crippen LogP) is 4.08. The number of aromatic nitrogens is 1. The quantitative estimate of drug-likeness (QED) is 0.791. The average molecular weight is 277 g/mol. The van der Waals surface area contributed by atoms with Gasteiger partial charge in [-0.15, -0.1) is 0 Å². The molecule has 0 amide bonds. The number of halogens is 3. The molecular formula is C15H10F3NO. The van der Waals surface area contributed by atoms with Crippen LogP contribution < -0.4 is 0 Å². The smallest absolute Gasteiger partial charge is 0.298 e. The molecule has 2 aromatic rings. The van der Waals surface area contributed by atoms with Crippen LogP contribution in [0.25, 0.3) is 12.2 Å². The summed E-state index contributed by atoms with van der Waals surface area (Å²) in [6, 6.07) is 9.13. The summed E-state index contributed by atoms with van der Waals surface area (Å²) in [4.78, 5) is 14.3. The maximum atomic E-state index is 12.4. The molecule has 0 spiro atoms. The lowest BCUT2D eigenvalue weighted by atomic mass is 10.1. The third kappa shape index (κ3) is 3.54. The van der Waals surface area contributed by atoms with Gasteiger partial charge in [-0.2, -0.15) is 13.2 Å². The largest absolute Gasteiger partial charge is 0.417 e. The Bertz CT molecular complexity index is 630. The molecule has 102 valence electrons. The van der Waals surface area contributed by atoms with Crippen LogP contribution in [0.15, 0.2) is 42.6 Å². The van der Waals surface area contributed by atoms with Crippen LogP contribution in [0.3, 0.4) is 0 Å². The summed E-state index contributed by atoms with van der Waals surface area (Å²) >= 11 is 0. The Kier molecular flexibility index (Phi) is 3.98. The number of pyridine rings is 1. The first kappa shape index (κ1) is 14.0. The van der Waals surface area contributed by atoms with Gasteiger partial charge in [-0.05, 0) is 29.8 Å². The first-order valence-corrected chi connectivity index (χ1v) is 5.75. The highest BCUT2D eigenvalue weighted by Crippen LogP contribution is 2.28. The molecule has 1 aromatic heterocycles. The third-order valence-electron chi connectivity index (χ3n) is 2.61. The van der Waals surface area contributed by atoms with E-state index in [-0.39, 0.29) is 0 Å². The minimum Gasteiger partial charge on any atom is -0.298 e. The fraction of sp³-hybridized carbons (Fsp3) is 0.0667. The zero-order valence-corrected chi connectivity index (χ0v) is 10.3. The highest BCUT2D eigenvalue weighted by atomic mass is 19.4. The van der Waals surface area contributed by atoms with Gasteiger partial charge in [0.15, 0.2) is 0 Å². The van der Waals surface area contributed by atoms with E-state index in [1.807, 2.05) is 0 Å². The third-order valence-corrected chi connectivity index (χ3v) is 2.61. The number of benzene rings is 1. The number of alkyl halides is 3. The summed E-state index contributed by atoms with van der Waals surface area (Å²) in [7, 11) is 0. The van der Waals surface area contributed by atoms with Crippen molar-refractivity contribution < 1.29 is 18.0 Å². The number of carbonyl (C=O) groups is 1. The number of hydrogen-bond acceptors (Lipinski definition) is 2. The van der Waals surface area contributed by atoms with E-state index in [0.29, 0.717) is 11.3 Å². The molecule has 1 heterocycles. The summed E-state index contributed by atoms with van der Waals surface area (Å²) in [6.07, 6.45) is 0.412. The summed E-state index contributed by atoms with van der Waals surface area (Å²) in [5, 5.41) is 0. The maximum Gasteiger partial charge on any atom is 0.417 e. The molecule has 5 heteroatoms. The number of carbonyl (C=O) groups excluding carboxylic acids is 1. The molecule has 0 saturated carbocycles. The van der Waals surface area contributed by atoms with E-state index >= 15 is 0 Å². The van der Waals surface area contributed by atoms with Gasteiger partial charge in [0.1, 0.15) is 6.29 Å². The van der Waals surface area contributed by atoms with E-state index in [0.717, 1.165) is 24.1 Å². The van der Waals surface area contributed by atoms with Gasteiger partial charge in [-0.3, -0.25) is 9.78 Å². The van der Waals surface area contributed by atoms with E-state index in [4.69, 9.17) is 0 Å². The van der Waals surface area contributed by atoms with Crippen LogP contribution in [0.5, 0.6) is 0 Å². The predicted molar refractivity (Wildman–Crippen MR) is 70.0 cm³/mol. The SMILES string of the molecule is O=Cc1cccc(C=Cc2ccc(C(F)(F)F)cn2)c1. The van der Waals surface area contributed by atoms with E-state index in [2.05, 4.69) is 4.98 Å². The normalized spacial score (nSPS) is 11.8. The topological polar surface area (TPSA) is 30.0 Å². The lowest BCUT2D eigenvalue weighted by molar-refractivity contribution is -0.137. The lowest BCUT2D eigenvalue weighted by Gasteiger charge is -2.05. The Morgan fingerprint density at radius 1 is 1.00 bits per heavy atom. The second kappa shape index (κ2) is 5.69. The maximum absolute atomic E-state index is 12.4. The van der Waals surface area contributed by atoms with Gasteiger partial charge in [-0.1, -0.05) is 24.3 Å². The van der Waals surface area contributed by atoms with Crippen LogP contribution in [0.4, 0.5) is 13.2 Å². The van der Waals surface area contributed by atoms with Crippen LogP contribution in [0.2, 0.25) is 0 Å². The molecule has 0 unspecified atom stereocenters. The van der Waals surface area contributed by atoms with Crippen LogP contribution in [-0.2, 0) is 6.18 Å². The number of aldehydes is 1. The van der Waals surface area contributed by atoms with Gasteiger partial charge in [0.05, 0.1) is 11.3 Å². The average Bonchev–Trinajstić information content (AvgIpc) is 2.45. The molecular weight excluding hydrogens is 267 g/mol. The van der Waals surface area contributed by atoms with Crippen molar-refractivity contribution in [3.63, 3.8) is 0 Å². The Labute approximate surface area is 113 Å². The first-order chi connectivity index (χ1) is 9.49. The molecule has 20 heavy (non-hydrogen) atoms. The molecule has 0 radical (unpaired) electrons. The zero-order valence-electron chi connectivity index (χ0n) is 10.3.